The summed E-state index contributed by atoms with van der Waals surface area (Å²) in [5.41, 5.74) is 1.12. The first-order chi connectivity index (χ1) is 9.65. The van der Waals surface area contributed by atoms with Crippen LogP contribution < -0.4 is 0 Å². The van der Waals surface area contributed by atoms with Crippen LogP contribution in [0.15, 0.2) is 24.3 Å². The summed E-state index contributed by atoms with van der Waals surface area (Å²) in [6, 6.07) is 0. The van der Waals surface area contributed by atoms with Gasteiger partial charge in [-0.2, -0.15) is 0 Å². The quantitative estimate of drug-likeness (QED) is 0.379. The average Bonchev–Trinajstić information content (AvgIpc) is 2.45. The molecule has 2 heteroatoms. The lowest BCUT2D eigenvalue weighted by molar-refractivity contribution is 0.120. The second kappa shape index (κ2) is 13.4. The van der Waals surface area contributed by atoms with Crippen LogP contribution in [-0.4, -0.2) is 24.4 Å². The maximum absolute atomic E-state index is 10.1. The predicted molar refractivity (Wildman–Crippen MR) is 88.0 cm³/mol. The fourth-order valence-corrected chi connectivity index (χ4v) is 2.38. The van der Waals surface area contributed by atoms with Crippen LogP contribution in [0.3, 0.4) is 0 Å². The van der Waals surface area contributed by atoms with Gasteiger partial charge in [-0.3, -0.25) is 0 Å². The molecule has 0 aromatic carbocycles. The Hall–Kier alpha value is -0.600. The van der Waals surface area contributed by atoms with Crippen molar-refractivity contribution in [2.45, 2.75) is 83.8 Å². The Morgan fingerprint density at radius 3 is 2.30 bits per heavy atom. The lowest BCUT2D eigenvalue weighted by Gasteiger charge is -2.18. The predicted octanol–water partition coefficient (Wildman–Crippen LogP) is 5.03. The highest BCUT2D eigenvalue weighted by Crippen LogP contribution is 2.17. The second-order valence-corrected chi connectivity index (χ2v) is 5.62. The monoisotopic (exact) mass is 282 g/mol. The van der Waals surface area contributed by atoms with E-state index in [9.17, 15) is 5.11 Å². The molecule has 0 saturated carbocycles. The Balaban J connectivity index is 3.77. The van der Waals surface area contributed by atoms with Crippen molar-refractivity contribution in [1.29, 1.82) is 0 Å². The summed E-state index contributed by atoms with van der Waals surface area (Å²) in [6.45, 7) is 7.97. The van der Waals surface area contributed by atoms with Gasteiger partial charge in [-0.15, -0.1) is 0 Å². The van der Waals surface area contributed by atoms with Crippen molar-refractivity contribution >= 4 is 0 Å². The molecule has 0 heterocycles. The lowest BCUT2D eigenvalue weighted by Crippen LogP contribution is -2.16. The minimum Gasteiger partial charge on any atom is -0.393 e. The second-order valence-electron chi connectivity index (χ2n) is 5.62. The molecular formula is C18H34O2. The van der Waals surface area contributed by atoms with Crippen molar-refractivity contribution in [2.75, 3.05) is 7.11 Å². The van der Waals surface area contributed by atoms with E-state index < -0.39 is 0 Å². The van der Waals surface area contributed by atoms with Crippen molar-refractivity contribution in [3.8, 4) is 0 Å². The van der Waals surface area contributed by atoms with E-state index in [4.69, 9.17) is 4.74 Å². The molecule has 0 fully saturated rings. The fourth-order valence-electron chi connectivity index (χ4n) is 2.38. The normalized spacial score (nSPS) is 15.1. The smallest absolute Gasteiger partial charge is 0.0757 e. The summed E-state index contributed by atoms with van der Waals surface area (Å²) in [7, 11) is 1.70. The van der Waals surface area contributed by atoms with E-state index in [1.807, 2.05) is 13.0 Å². The summed E-state index contributed by atoms with van der Waals surface area (Å²) in [5.74, 6) is 0. The minimum absolute atomic E-state index is 0.0525. The van der Waals surface area contributed by atoms with E-state index in [-0.39, 0.29) is 12.2 Å². The molecule has 0 aromatic heterocycles. The number of methoxy groups -OCH3 is 1. The summed E-state index contributed by atoms with van der Waals surface area (Å²) >= 11 is 0. The molecule has 0 saturated heterocycles. The van der Waals surface area contributed by atoms with E-state index in [1.54, 1.807) is 13.2 Å². The first-order valence-electron chi connectivity index (χ1n) is 8.18. The molecule has 118 valence electrons. The maximum Gasteiger partial charge on any atom is 0.0757 e. The average molecular weight is 282 g/mol. The van der Waals surface area contributed by atoms with Gasteiger partial charge in [0.15, 0.2) is 0 Å². The highest BCUT2D eigenvalue weighted by atomic mass is 16.5. The molecule has 2 atom stereocenters. The standard InChI is InChI=1S/C18H34O2/c1-5-7-8-9-10-11-12-14-18(19)15-17(13-6-2)16(3)20-4/h6,13,16,18-19H,2,5,7-12,14-15H2,1,3-4H3/b17-13-. The summed E-state index contributed by atoms with van der Waals surface area (Å²) < 4.78 is 5.32. The highest BCUT2D eigenvalue weighted by molar-refractivity contribution is 5.15. The molecular weight excluding hydrogens is 248 g/mol. The number of rotatable bonds is 13. The largest absolute Gasteiger partial charge is 0.393 e. The van der Waals surface area contributed by atoms with Crippen LogP contribution >= 0.6 is 0 Å². The molecule has 0 aliphatic rings. The zero-order valence-electron chi connectivity index (χ0n) is 13.7. The molecule has 0 radical (unpaired) electrons. The van der Waals surface area contributed by atoms with Gasteiger partial charge in [0, 0.05) is 7.11 Å². The third-order valence-electron chi connectivity index (χ3n) is 3.82. The van der Waals surface area contributed by atoms with Crippen molar-refractivity contribution in [3.05, 3.63) is 24.3 Å². The number of hydrogen-bond acceptors (Lipinski definition) is 2. The Bertz CT molecular complexity index is 258. The lowest BCUT2D eigenvalue weighted by atomic mass is 9.98. The number of aliphatic hydroxyl groups excluding tert-OH is 1. The molecule has 0 spiro atoms. The van der Waals surface area contributed by atoms with Gasteiger partial charge >= 0.3 is 0 Å². The number of aliphatic hydroxyl groups is 1. The molecule has 1 N–H and O–H groups in total. The van der Waals surface area contributed by atoms with E-state index in [0.717, 1.165) is 18.4 Å². The van der Waals surface area contributed by atoms with E-state index in [2.05, 4.69) is 13.5 Å². The van der Waals surface area contributed by atoms with Crippen molar-refractivity contribution < 1.29 is 9.84 Å². The Morgan fingerprint density at radius 2 is 1.75 bits per heavy atom. The van der Waals surface area contributed by atoms with Gasteiger partial charge in [-0.25, -0.2) is 0 Å². The van der Waals surface area contributed by atoms with Crippen molar-refractivity contribution in [3.63, 3.8) is 0 Å². The van der Waals surface area contributed by atoms with Crippen LogP contribution in [0.2, 0.25) is 0 Å². The third-order valence-corrected chi connectivity index (χ3v) is 3.82. The fraction of sp³-hybridized carbons (Fsp3) is 0.778. The first-order valence-corrected chi connectivity index (χ1v) is 8.18. The van der Waals surface area contributed by atoms with Crippen LogP contribution in [0.5, 0.6) is 0 Å². The van der Waals surface area contributed by atoms with E-state index >= 15 is 0 Å². The molecule has 2 nitrogen and oxygen atoms in total. The zero-order chi connectivity index (χ0) is 15.2. The summed E-state index contributed by atoms with van der Waals surface area (Å²) in [5, 5.41) is 10.1. The van der Waals surface area contributed by atoms with Gasteiger partial charge in [-0.05, 0) is 25.3 Å². The molecule has 0 aliphatic heterocycles. The highest BCUT2D eigenvalue weighted by Gasteiger charge is 2.12. The summed E-state index contributed by atoms with van der Waals surface area (Å²) in [6.07, 6.45) is 14.1. The topological polar surface area (TPSA) is 29.5 Å². The van der Waals surface area contributed by atoms with Crippen LogP contribution in [0.4, 0.5) is 0 Å². The number of unbranched alkanes of at least 4 members (excludes halogenated alkanes) is 6. The van der Waals surface area contributed by atoms with Crippen molar-refractivity contribution in [1.82, 2.24) is 0 Å². The Labute approximate surface area is 125 Å². The molecule has 0 aromatic rings. The molecule has 0 bridgehead atoms. The molecule has 0 aliphatic carbocycles. The third kappa shape index (κ3) is 10.2. The summed E-state index contributed by atoms with van der Waals surface area (Å²) in [4.78, 5) is 0. The number of hydrogen-bond donors (Lipinski definition) is 1. The van der Waals surface area contributed by atoms with E-state index in [0.29, 0.717) is 6.42 Å². The van der Waals surface area contributed by atoms with Crippen LogP contribution in [-0.2, 0) is 4.74 Å². The van der Waals surface area contributed by atoms with Gasteiger partial charge in [0.2, 0.25) is 0 Å². The number of ether oxygens (including phenoxy) is 1. The van der Waals surface area contributed by atoms with Gasteiger partial charge in [-0.1, -0.05) is 70.6 Å². The molecule has 0 rings (SSSR count). The Morgan fingerprint density at radius 1 is 1.15 bits per heavy atom. The molecule has 2 unspecified atom stereocenters. The zero-order valence-corrected chi connectivity index (χ0v) is 13.7. The molecule has 0 amide bonds. The van der Waals surface area contributed by atoms with Crippen LogP contribution in [0, 0.1) is 0 Å². The van der Waals surface area contributed by atoms with Gasteiger partial charge < -0.3 is 9.84 Å². The van der Waals surface area contributed by atoms with Crippen LogP contribution in [0.25, 0.3) is 0 Å². The van der Waals surface area contributed by atoms with Crippen LogP contribution in [0.1, 0.15) is 71.6 Å². The van der Waals surface area contributed by atoms with Gasteiger partial charge in [0.25, 0.3) is 0 Å². The van der Waals surface area contributed by atoms with Crippen molar-refractivity contribution in [2.24, 2.45) is 0 Å². The maximum atomic E-state index is 10.1. The van der Waals surface area contributed by atoms with Gasteiger partial charge in [0.05, 0.1) is 12.2 Å². The minimum atomic E-state index is -0.255. The Kier molecular flexibility index (Phi) is 13.0. The van der Waals surface area contributed by atoms with E-state index in [1.165, 1.54) is 38.5 Å². The van der Waals surface area contributed by atoms with Gasteiger partial charge in [0.1, 0.15) is 0 Å². The molecule has 20 heavy (non-hydrogen) atoms. The number of allylic oxidation sites excluding steroid dienone is 2. The SMILES string of the molecule is C=C/C=C(/CC(O)CCCCCCCCC)C(C)OC. The first kappa shape index (κ1) is 19.4.